The lowest BCUT2D eigenvalue weighted by Gasteiger charge is -2.34. The zero-order chi connectivity index (χ0) is 17.4. The third kappa shape index (κ3) is 3.11. The van der Waals surface area contributed by atoms with Gasteiger partial charge in [0.25, 0.3) is 0 Å². The van der Waals surface area contributed by atoms with Crippen molar-refractivity contribution < 1.29 is 4.74 Å². The highest BCUT2D eigenvalue weighted by Crippen LogP contribution is 2.49. The number of hydrogen-bond donors (Lipinski definition) is 0. The van der Waals surface area contributed by atoms with Crippen LogP contribution in [0.1, 0.15) is 31.4 Å². The minimum atomic E-state index is 0.587. The van der Waals surface area contributed by atoms with Gasteiger partial charge in [-0.25, -0.2) is 0 Å². The minimum absolute atomic E-state index is 0.587. The highest BCUT2D eigenvalue weighted by atomic mass is 32.2. The first kappa shape index (κ1) is 16.7. The average Bonchev–Trinajstić information content (AvgIpc) is 2.60. The molecule has 2 aliphatic heterocycles. The zero-order valence-corrected chi connectivity index (χ0v) is 16.0. The Balaban J connectivity index is 1.89. The molecule has 25 heavy (non-hydrogen) atoms. The Bertz CT molecular complexity index is 827. The van der Waals surface area contributed by atoms with Crippen LogP contribution in [-0.4, -0.2) is 31.6 Å². The Hall–Kier alpha value is -1.71. The van der Waals surface area contributed by atoms with Crippen LogP contribution in [0.4, 0.5) is 0 Å². The molecule has 0 N–H and O–H groups in total. The molecular formula is C22H25NOS. The quantitative estimate of drug-likeness (QED) is 0.620. The van der Waals surface area contributed by atoms with Crippen LogP contribution in [-0.2, 0) is 0 Å². The van der Waals surface area contributed by atoms with E-state index in [1.54, 1.807) is 5.57 Å². The van der Waals surface area contributed by atoms with Gasteiger partial charge in [-0.1, -0.05) is 42.5 Å². The van der Waals surface area contributed by atoms with Crippen molar-refractivity contribution in [1.82, 2.24) is 4.90 Å². The van der Waals surface area contributed by atoms with Crippen molar-refractivity contribution in [2.75, 3.05) is 26.7 Å². The average molecular weight is 352 g/mol. The van der Waals surface area contributed by atoms with Crippen LogP contribution in [0.3, 0.4) is 0 Å². The number of fused-ring (bicyclic) bond motifs is 2. The van der Waals surface area contributed by atoms with E-state index < -0.39 is 0 Å². The smallest absolute Gasteiger partial charge is 0.120 e. The van der Waals surface area contributed by atoms with E-state index in [1.165, 1.54) is 26.5 Å². The number of nitrogens with zero attached hydrogens (tertiary/aromatic N) is 1. The van der Waals surface area contributed by atoms with Gasteiger partial charge < -0.3 is 9.64 Å². The van der Waals surface area contributed by atoms with Gasteiger partial charge in [0.05, 0.1) is 6.61 Å². The fourth-order valence-electron chi connectivity index (χ4n) is 4.02. The molecule has 2 aliphatic rings. The first-order valence-electron chi connectivity index (χ1n) is 9.13. The Morgan fingerprint density at radius 1 is 1.12 bits per heavy atom. The molecule has 2 heterocycles. The monoisotopic (exact) mass is 351 g/mol. The number of hydrogen-bond acceptors (Lipinski definition) is 3. The summed E-state index contributed by atoms with van der Waals surface area (Å²) >= 11 is 1.87. The van der Waals surface area contributed by atoms with Crippen molar-refractivity contribution in [3.8, 4) is 5.75 Å². The van der Waals surface area contributed by atoms with E-state index in [4.69, 9.17) is 4.74 Å². The minimum Gasteiger partial charge on any atom is -0.494 e. The lowest BCUT2D eigenvalue weighted by atomic mass is 9.83. The maximum atomic E-state index is 5.74. The Morgan fingerprint density at radius 2 is 1.92 bits per heavy atom. The second-order valence-corrected chi connectivity index (χ2v) is 8.09. The highest BCUT2D eigenvalue weighted by molar-refractivity contribution is 7.99. The summed E-state index contributed by atoms with van der Waals surface area (Å²) in [7, 11) is 2.23. The molecule has 0 spiro atoms. The van der Waals surface area contributed by atoms with E-state index in [2.05, 4.69) is 61.3 Å². The molecule has 130 valence electrons. The fraction of sp³-hybridized carbons (Fsp3) is 0.364. The van der Waals surface area contributed by atoms with Crippen LogP contribution in [0.2, 0.25) is 0 Å². The number of ether oxygens (including phenoxy) is 1. The molecule has 0 aromatic heterocycles. The van der Waals surface area contributed by atoms with Crippen molar-refractivity contribution in [1.29, 1.82) is 0 Å². The molecular weight excluding hydrogens is 326 g/mol. The molecule has 1 saturated heterocycles. The molecule has 2 aromatic rings. The van der Waals surface area contributed by atoms with Crippen LogP contribution in [0, 0.1) is 5.92 Å². The van der Waals surface area contributed by atoms with Gasteiger partial charge in [0, 0.05) is 22.9 Å². The van der Waals surface area contributed by atoms with Crippen LogP contribution in [0.5, 0.6) is 5.75 Å². The standard InChI is InChI=1S/C22H25NOS/c1-4-24-16-9-10-19-21(13-16)25-20-8-6-5-7-18(20)22(19)17-11-12-23(3)14-15(17)2/h5-10,13,15H,4,11-12,14H2,1-3H3/b22-17-. The molecule has 0 bridgehead atoms. The largest absolute Gasteiger partial charge is 0.494 e. The van der Waals surface area contributed by atoms with Gasteiger partial charge in [-0.2, -0.15) is 0 Å². The second kappa shape index (κ2) is 6.89. The van der Waals surface area contributed by atoms with Crippen molar-refractivity contribution in [2.45, 2.75) is 30.1 Å². The lowest BCUT2D eigenvalue weighted by Crippen LogP contribution is -2.33. The van der Waals surface area contributed by atoms with E-state index in [1.807, 2.05) is 18.7 Å². The van der Waals surface area contributed by atoms with Gasteiger partial charge in [0.15, 0.2) is 0 Å². The van der Waals surface area contributed by atoms with Crippen LogP contribution in [0.25, 0.3) is 5.57 Å². The summed E-state index contributed by atoms with van der Waals surface area (Å²) in [5.74, 6) is 1.55. The zero-order valence-electron chi connectivity index (χ0n) is 15.2. The summed E-state index contributed by atoms with van der Waals surface area (Å²) in [5, 5.41) is 0. The van der Waals surface area contributed by atoms with Crippen LogP contribution < -0.4 is 4.74 Å². The SMILES string of the molecule is CCOc1ccc2c(c1)Sc1ccccc1/C2=C1\CCN(C)CC1C. The van der Waals surface area contributed by atoms with Crippen molar-refractivity contribution >= 4 is 17.3 Å². The molecule has 1 atom stereocenters. The topological polar surface area (TPSA) is 12.5 Å². The molecule has 0 amide bonds. The van der Waals surface area contributed by atoms with E-state index in [-0.39, 0.29) is 0 Å². The van der Waals surface area contributed by atoms with E-state index in [0.29, 0.717) is 12.5 Å². The van der Waals surface area contributed by atoms with Gasteiger partial charge in [-0.05, 0) is 67.3 Å². The molecule has 2 aromatic carbocycles. The van der Waals surface area contributed by atoms with Crippen LogP contribution in [0.15, 0.2) is 57.8 Å². The molecule has 3 heteroatoms. The third-order valence-electron chi connectivity index (χ3n) is 5.17. The predicted octanol–water partition coefficient (Wildman–Crippen LogP) is 5.32. The molecule has 1 fully saturated rings. The Labute approximate surface area is 154 Å². The fourth-order valence-corrected chi connectivity index (χ4v) is 5.14. The lowest BCUT2D eigenvalue weighted by molar-refractivity contribution is 0.268. The van der Waals surface area contributed by atoms with Crippen molar-refractivity contribution in [3.05, 3.63) is 59.2 Å². The van der Waals surface area contributed by atoms with Gasteiger partial charge in [0.1, 0.15) is 5.75 Å². The Morgan fingerprint density at radius 3 is 2.72 bits per heavy atom. The summed E-state index contributed by atoms with van der Waals surface area (Å²) in [6.45, 7) is 7.40. The third-order valence-corrected chi connectivity index (χ3v) is 6.31. The normalized spacial score (nSPS) is 23.1. The molecule has 1 unspecified atom stereocenters. The predicted molar refractivity (Wildman–Crippen MR) is 105 cm³/mol. The van der Waals surface area contributed by atoms with Gasteiger partial charge in [0.2, 0.25) is 0 Å². The first-order chi connectivity index (χ1) is 12.2. The van der Waals surface area contributed by atoms with Crippen molar-refractivity contribution in [3.63, 3.8) is 0 Å². The second-order valence-electron chi connectivity index (χ2n) is 7.00. The first-order valence-corrected chi connectivity index (χ1v) is 9.95. The number of benzene rings is 2. The molecule has 0 aliphatic carbocycles. The number of rotatable bonds is 2. The number of piperidine rings is 1. The van der Waals surface area contributed by atoms with E-state index in [9.17, 15) is 0 Å². The maximum Gasteiger partial charge on any atom is 0.120 e. The van der Waals surface area contributed by atoms with Gasteiger partial charge >= 0.3 is 0 Å². The van der Waals surface area contributed by atoms with E-state index in [0.717, 1.165) is 25.3 Å². The molecule has 2 nitrogen and oxygen atoms in total. The van der Waals surface area contributed by atoms with Crippen molar-refractivity contribution in [2.24, 2.45) is 5.92 Å². The molecule has 0 saturated carbocycles. The number of likely N-dealkylation sites (tertiary alicyclic amines) is 1. The summed E-state index contributed by atoms with van der Waals surface area (Å²) < 4.78 is 5.74. The summed E-state index contributed by atoms with van der Waals surface area (Å²) in [6.07, 6.45) is 1.15. The summed E-state index contributed by atoms with van der Waals surface area (Å²) in [5.41, 5.74) is 5.85. The summed E-state index contributed by atoms with van der Waals surface area (Å²) in [6, 6.07) is 15.4. The van der Waals surface area contributed by atoms with Gasteiger partial charge in [-0.3, -0.25) is 0 Å². The highest BCUT2D eigenvalue weighted by Gasteiger charge is 2.28. The molecule has 0 radical (unpaired) electrons. The summed E-state index contributed by atoms with van der Waals surface area (Å²) in [4.78, 5) is 5.12. The molecule has 4 rings (SSSR count). The maximum absolute atomic E-state index is 5.74. The van der Waals surface area contributed by atoms with E-state index >= 15 is 0 Å². The van der Waals surface area contributed by atoms with Gasteiger partial charge in [-0.15, -0.1) is 0 Å². The van der Waals surface area contributed by atoms with Crippen LogP contribution >= 0.6 is 11.8 Å². The Kier molecular flexibility index (Phi) is 4.61.